The zero-order valence-electron chi connectivity index (χ0n) is 59.1. The molecule has 35 heteroatoms. The van der Waals surface area contributed by atoms with Gasteiger partial charge in [0, 0.05) is 143 Å². The Balaban J connectivity index is 0.000000166. The second kappa shape index (κ2) is 37.2. The third-order valence-corrected chi connectivity index (χ3v) is 17.5. The number of nitrogens with two attached hydrogens (primary N) is 4. The summed E-state index contributed by atoms with van der Waals surface area (Å²) >= 11 is 0. The molecule has 35 nitrogen and oxygen atoms in total. The molecule has 3 aliphatic rings. The Bertz CT molecular complexity index is 4330. The van der Waals surface area contributed by atoms with Crippen LogP contribution in [0.3, 0.4) is 0 Å². The first-order chi connectivity index (χ1) is 49.9. The summed E-state index contributed by atoms with van der Waals surface area (Å²) in [6, 6.07) is 24.7. The molecule has 13 rings (SSSR count). The summed E-state index contributed by atoms with van der Waals surface area (Å²) in [4.78, 5) is 52.3. The zero-order chi connectivity index (χ0) is 71.2. The average molecular weight is 1420 g/mol. The van der Waals surface area contributed by atoms with E-state index in [4.69, 9.17) is 51.5 Å². The molecule has 7 aromatic heterocycles. The van der Waals surface area contributed by atoms with Crippen LogP contribution in [0, 0.1) is 0 Å². The molecule has 3 fully saturated rings. The molecule has 10 heterocycles. The van der Waals surface area contributed by atoms with Crippen LogP contribution in [0.2, 0.25) is 0 Å². The summed E-state index contributed by atoms with van der Waals surface area (Å²) in [5.74, 6) is 9.90. The van der Waals surface area contributed by atoms with Crippen LogP contribution >= 0.6 is 0 Å². The van der Waals surface area contributed by atoms with E-state index in [9.17, 15) is 4.79 Å². The van der Waals surface area contributed by atoms with Crippen molar-refractivity contribution in [1.29, 1.82) is 0 Å². The number of hydrazine groups is 2. The second-order valence-electron chi connectivity index (χ2n) is 24.1. The molecule has 0 atom stereocenters. The number of carbonyl (C=O) groups excluding carboxylic acids is 1. The fourth-order valence-corrected chi connectivity index (χ4v) is 12.0. The number of nitrogen functional groups attached to an aromatic ring is 4. The Labute approximate surface area is 596 Å². The molecule has 13 N–H and O–H groups in total. The highest BCUT2D eigenvalue weighted by Gasteiger charge is 2.23. The number of nitrogens with one attached hydrogen (secondary N) is 3. The molecule has 3 aromatic carbocycles. The van der Waals surface area contributed by atoms with Gasteiger partial charge in [-0.25, -0.2) is 24.9 Å². The number of fused-ring (bicyclic) bond motifs is 5. The number of piperazine rings is 3. The van der Waals surface area contributed by atoms with E-state index in [0.29, 0.717) is 91.9 Å². The minimum atomic E-state index is -0.291. The van der Waals surface area contributed by atoms with Gasteiger partial charge >= 0.3 is 0 Å². The lowest BCUT2D eigenvalue weighted by Gasteiger charge is -2.36. The number of anilines is 8. The van der Waals surface area contributed by atoms with Gasteiger partial charge in [-0.1, -0.05) is 12.2 Å². The molecule has 0 radical (unpaired) electrons. The van der Waals surface area contributed by atoms with E-state index in [1.807, 2.05) is 69.5 Å². The molecule has 3 saturated heterocycles. The van der Waals surface area contributed by atoms with Crippen LogP contribution in [0.1, 0.15) is 19.7 Å². The van der Waals surface area contributed by atoms with Crippen molar-refractivity contribution in [2.75, 3.05) is 202 Å². The highest BCUT2D eigenvalue weighted by atomic mass is 16.5. The molecule has 0 unspecified atom stereocenters. The highest BCUT2D eigenvalue weighted by Crippen LogP contribution is 2.27. The van der Waals surface area contributed by atoms with Gasteiger partial charge in [0.25, 0.3) is 5.91 Å². The number of nitrogens with zero attached hydrogens (tertiary/aromatic N) is 20. The fourth-order valence-electron chi connectivity index (χ4n) is 12.0. The SMILES string of the molecule is C/C=C/C(=O)NNc1nc(N)nc2c1cnn2CCN1CCN(c2ccc(OCCOC)cc2)CC1.C/C=C/c1nc2c3cnn(CCN4CCN(c5ccc(OCCOC)cc5)CC4)c3nc(N)n2n1.COCCOc1ccc(N2CCN(CCn3ncc4c(NN)nc(N)nc43)CC2)cc1.O. The van der Waals surface area contributed by atoms with Crippen molar-refractivity contribution in [3.8, 4) is 17.2 Å². The van der Waals surface area contributed by atoms with Gasteiger partial charge in [-0.05, 0) is 92.7 Å². The third-order valence-electron chi connectivity index (χ3n) is 17.5. The highest BCUT2D eigenvalue weighted by molar-refractivity contribution is 5.92. The molecule has 0 saturated carbocycles. The lowest BCUT2D eigenvalue weighted by molar-refractivity contribution is -0.116. The van der Waals surface area contributed by atoms with Gasteiger partial charge in [0.2, 0.25) is 17.8 Å². The number of ether oxygens (including phenoxy) is 6. The first kappa shape index (κ1) is 74.9. The van der Waals surface area contributed by atoms with Crippen molar-refractivity contribution in [2.24, 2.45) is 5.84 Å². The maximum absolute atomic E-state index is 11.7. The Morgan fingerprint density at radius 3 is 1.24 bits per heavy atom. The Hall–Kier alpha value is -10.8. The predicted molar refractivity (Wildman–Crippen MR) is 398 cm³/mol. The lowest BCUT2D eigenvalue weighted by Crippen LogP contribution is -2.47. The zero-order valence-corrected chi connectivity index (χ0v) is 59.1. The van der Waals surface area contributed by atoms with Crippen LogP contribution in [-0.4, -0.2) is 254 Å². The van der Waals surface area contributed by atoms with Gasteiger partial charge in [0.05, 0.1) is 74.2 Å². The topological polar surface area (TPSA) is 412 Å². The number of rotatable bonds is 29. The number of benzene rings is 3. The maximum Gasteiger partial charge on any atom is 0.262 e. The molecule has 0 bridgehead atoms. The number of aromatic nitrogens is 14. The number of allylic oxidation sites excluding steroid dienone is 2. The van der Waals surface area contributed by atoms with Crippen molar-refractivity contribution >= 4 is 97.3 Å². The largest absolute Gasteiger partial charge is 0.491 e. The van der Waals surface area contributed by atoms with Gasteiger partial charge < -0.3 is 71.2 Å². The van der Waals surface area contributed by atoms with E-state index < -0.39 is 0 Å². The minimum Gasteiger partial charge on any atom is -0.491 e. The van der Waals surface area contributed by atoms with Crippen LogP contribution in [0.4, 0.5) is 46.5 Å². The standard InChI is InChI=1S/C24H33N9O3.C24H31N9O2.C20H29N9O2.H2O/c1-3-4-21(34)29-30-22-20-17-26-33(23(20)28-24(25)27-22)14-11-31-9-12-32(13-10-31)18-5-7-19(8-6-18)36-16-15-35-2;1-3-4-21-27-23-20-17-26-32(22(20)28-24(25)33(23)29-21)14-11-30-9-12-31(13-10-30)18-5-7-19(8-6-18)35-16-15-34-2;1-30-12-13-31-16-4-2-15(3-5-16)28-9-6-27(7-10-28)8-11-29-19-17(14-23-29)18(26-22)24-20(21)25-19;/h3-8,17H,9-16H2,1-2H3,(H,29,34)(H3,25,27,28,30);3-8,17H,9-16H2,1-2H3,(H2,25,28);2-5,14H,6-13,22H2,1H3,(H3,21,24,25,26);1H2/b2*4-3+;;. The molecule has 0 spiro atoms. The quantitative estimate of drug-likeness (QED) is 0.0153. The van der Waals surface area contributed by atoms with Crippen molar-refractivity contribution in [2.45, 2.75) is 33.5 Å². The first-order valence-electron chi connectivity index (χ1n) is 34.1. The third kappa shape index (κ3) is 19.9. The van der Waals surface area contributed by atoms with Gasteiger partial charge in [0.15, 0.2) is 40.0 Å². The summed E-state index contributed by atoms with van der Waals surface area (Å²) in [6.45, 7) is 23.5. The van der Waals surface area contributed by atoms with Crippen LogP contribution in [0.5, 0.6) is 17.2 Å². The molecule has 1 amide bonds. The summed E-state index contributed by atoms with van der Waals surface area (Å²) < 4.78 is 39.2. The maximum atomic E-state index is 11.7. The van der Waals surface area contributed by atoms with E-state index in [-0.39, 0.29) is 23.3 Å². The molecule has 550 valence electrons. The molecule has 10 aromatic rings. The Morgan fingerprint density at radius 1 is 0.466 bits per heavy atom. The van der Waals surface area contributed by atoms with E-state index in [0.717, 1.165) is 145 Å². The van der Waals surface area contributed by atoms with Crippen LogP contribution in [0.25, 0.3) is 44.8 Å². The number of carbonyl (C=O) groups is 1. The normalized spacial score (nSPS) is 14.6. The van der Waals surface area contributed by atoms with Crippen molar-refractivity contribution in [1.82, 2.24) is 89.0 Å². The van der Waals surface area contributed by atoms with Gasteiger partial charge in [0.1, 0.15) is 37.1 Å². The monoisotopic (exact) mass is 1420 g/mol. The Morgan fingerprint density at radius 2 is 0.854 bits per heavy atom. The summed E-state index contributed by atoms with van der Waals surface area (Å²) in [6.07, 6.45) is 12.0. The van der Waals surface area contributed by atoms with E-state index in [1.54, 1.807) is 57.4 Å². The fraction of sp³-hybridized carbons (Fsp3) is 0.426. The summed E-state index contributed by atoms with van der Waals surface area (Å²) in [5, 5.41) is 20.2. The van der Waals surface area contributed by atoms with E-state index in [2.05, 4.69) is 132 Å². The van der Waals surface area contributed by atoms with Crippen molar-refractivity contribution < 1.29 is 38.7 Å². The first-order valence-corrected chi connectivity index (χ1v) is 34.1. The summed E-state index contributed by atoms with van der Waals surface area (Å²) in [7, 11) is 5.01. The van der Waals surface area contributed by atoms with Crippen molar-refractivity contribution in [3.05, 3.63) is 115 Å². The van der Waals surface area contributed by atoms with Gasteiger partial charge in [-0.15, -0.1) is 5.10 Å². The molecule has 0 aliphatic carbocycles. The van der Waals surface area contributed by atoms with Gasteiger partial charge in [-0.3, -0.25) is 30.3 Å². The molecule has 103 heavy (non-hydrogen) atoms. The lowest BCUT2D eigenvalue weighted by atomic mass is 10.2. The van der Waals surface area contributed by atoms with Gasteiger partial charge in [-0.2, -0.15) is 44.7 Å². The number of hydrogen-bond donors (Lipinski definition) is 7. The average Bonchev–Trinajstić information content (AvgIpc) is 1.62. The predicted octanol–water partition coefficient (Wildman–Crippen LogP) is 2.93. The summed E-state index contributed by atoms with van der Waals surface area (Å²) in [5.41, 5.74) is 32.1. The smallest absolute Gasteiger partial charge is 0.262 e. The molecule has 3 aliphatic heterocycles. The van der Waals surface area contributed by atoms with Crippen LogP contribution < -0.4 is 68.2 Å². The minimum absolute atomic E-state index is 0. The van der Waals surface area contributed by atoms with E-state index in [1.165, 1.54) is 23.1 Å². The number of methoxy groups -OCH3 is 3. The van der Waals surface area contributed by atoms with Crippen LogP contribution in [0.15, 0.2) is 110 Å². The van der Waals surface area contributed by atoms with Crippen LogP contribution in [-0.2, 0) is 38.6 Å². The number of amides is 1. The Kier molecular flexibility index (Phi) is 27.1. The second-order valence-corrected chi connectivity index (χ2v) is 24.1. The molecular weight excluding hydrogens is 1320 g/mol. The van der Waals surface area contributed by atoms with Crippen molar-refractivity contribution in [3.63, 3.8) is 0 Å². The number of hydrogen-bond acceptors (Lipinski definition) is 29. The molecular formula is C68H95N27O8. The van der Waals surface area contributed by atoms with E-state index >= 15 is 0 Å².